The summed E-state index contributed by atoms with van der Waals surface area (Å²) in [7, 11) is 2.03. The molecule has 86 valence electrons. The Kier molecular flexibility index (Phi) is 3.22. The molecule has 0 atom stereocenters. The van der Waals surface area contributed by atoms with Gasteiger partial charge >= 0.3 is 0 Å². The van der Waals surface area contributed by atoms with E-state index in [2.05, 4.69) is 59.4 Å². The van der Waals surface area contributed by atoms with E-state index in [1.165, 1.54) is 21.2 Å². The summed E-state index contributed by atoms with van der Waals surface area (Å²) in [5.41, 5.74) is 4.41. The SMILES string of the molecule is CNC(C)(C)C1=Cc2ccc(Br)cc2CC1. The number of rotatable bonds is 2. The zero-order chi connectivity index (χ0) is 11.8. The van der Waals surface area contributed by atoms with E-state index in [4.69, 9.17) is 0 Å². The van der Waals surface area contributed by atoms with Gasteiger partial charge in [-0.2, -0.15) is 0 Å². The molecule has 0 saturated heterocycles. The van der Waals surface area contributed by atoms with Crippen LogP contribution >= 0.6 is 15.9 Å². The van der Waals surface area contributed by atoms with Gasteiger partial charge in [-0.05, 0) is 62.6 Å². The molecule has 1 aromatic rings. The number of aryl methyl sites for hydroxylation is 1. The van der Waals surface area contributed by atoms with Crippen molar-refractivity contribution < 1.29 is 0 Å². The van der Waals surface area contributed by atoms with Crippen LogP contribution in [-0.2, 0) is 6.42 Å². The average molecular weight is 280 g/mol. The molecule has 0 spiro atoms. The van der Waals surface area contributed by atoms with E-state index in [0.717, 1.165) is 12.8 Å². The number of benzene rings is 1. The number of nitrogens with one attached hydrogen (secondary N) is 1. The van der Waals surface area contributed by atoms with E-state index in [9.17, 15) is 0 Å². The van der Waals surface area contributed by atoms with Gasteiger partial charge in [0.25, 0.3) is 0 Å². The molecular weight excluding hydrogens is 262 g/mol. The standard InChI is InChI=1S/C14H18BrN/c1-14(2,16-3)12-6-4-11-9-13(15)7-5-10(11)8-12/h5,7-9,16H,4,6H2,1-3H3. The van der Waals surface area contributed by atoms with Gasteiger partial charge in [0.15, 0.2) is 0 Å². The highest BCUT2D eigenvalue weighted by Gasteiger charge is 2.23. The van der Waals surface area contributed by atoms with E-state index in [0.29, 0.717) is 0 Å². The molecular formula is C14H18BrN. The zero-order valence-corrected chi connectivity index (χ0v) is 11.7. The third kappa shape index (κ3) is 2.23. The van der Waals surface area contributed by atoms with Gasteiger partial charge in [0.1, 0.15) is 0 Å². The van der Waals surface area contributed by atoms with Gasteiger partial charge in [-0.25, -0.2) is 0 Å². The number of hydrogen-bond donors (Lipinski definition) is 1. The van der Waals surface area contributed by atoms with Gasteiger partial charge in [0.2, 0.25) is 0 Å². The smallest absolute Gasteiger partial charge is 0.0337 e. The second kappa shape index (κ2) is 4.34. The lowest BCUT2D eigenvalue weighted by atomic mass is 9.83. The van der Waals surface area contributed by atoms with E-state index in [-0.39, 0.29) is 5.54 Å². The van der Waals surface area contributed by atoms with Crippen molar-refractivity contribution in [2.24, 2.45) is 0 Å². The monoisotopic (exact) mass is 279 g/mol. The van der Waals surface area contributed by atoms with Crippen molar-refractivity contribution >= 4 is 22.0 Å². The lowest BCUT2D eigenvalue weighted by Crippen LogP contribution is -2.38. The van der Waals surface area contributed by atoms with Crippen LogP contribution in [-0.4, -0.2) is 12.6 Å². The number of hydrogen-bond acceptors (Lipinski definition) is 1. The van der Waals surface area contributed by atoms with Crippen molar-refractivity contribution in [2.75, 3.05) is 7.05 Å². The summed E-state index contributed by atoms with van der Waals surface area (Å²) in [5.74, 6) is 0. The lowest BCUT2D eigenvalue weighted by molar-refractivity contribution is 0.481. The predicted molar refractivity (Wildman–Crippen MR) is 73.6 cm³/mol. The summed E-state index contributed by atoms with van der Waals surface area (Å²) in [5, 5.41) is 3.38. The predicted octanol–water partition coefficient (Wildman–Crippen LogP) is 3.78. The molecule has 2 heteroatoms. The molecule has 1 N–H and O–H groups in total. The minimum atomic E-state index is 0.102. The average Bonchev–Trinajstić information content (AvgIpc) is 2.28. The summed E-state index contributed by atoms with van der Waals surface area (Å²) < 4.78 is 1.18. The van der Waals surface area contributed by atoms with E-state index < -0.39 is 0 Å². The van der Waals surface area contributed by atoms with Crippen molar-refractivity contribution in [3.8, 4) is 0 Å². The van der Waals surface area contributed by atoms with Crippen LogP contribution in [0.3, 0.4) is 0 Å². The van der Waals surface area contributed by atoms with Crippen molar-refractivity contribution in [1.82, 2.24) is 5.32 Å². The van der Waals surface area contributed by atoms with Crippen LogP contribution in [0.1, 0.15) is 31.4 Å². The zero-order valence-electron chi connectivity index (χ0n) is 10.1. The van der Waals surface area contributed by atoms with Gasteiger partial charge < -0.3 is 5.32 Å². The Balaban J connectivity index is 2.39. The number of likely N-dealkylation sites (N-methyl/N-ethyl adjacent to an activating group) is 1. The number of fused-ring (bicyclic) bond motifs is 1. The van der Waals surface area contributed by atoms with Gasteiger partial charge in [-0.1, -0.05) is 28.1 Å². The van der Waals surface area contributed by atoms with Gasteiger partial charge in [0.05, 0.1) is 0 Å². The minimum Gasteiger partial charge on any atom is -0.311 e. The Hall–Kier alpha value is -0.600. The van der Waals surface area contributed by atoms with Crippen LogP contribution in [0.15, 0.2) is 28.2 Å². The topological polar surface area (TPSA) is 12.0 Å². The molecule has 0 aromatic heterocycles. The molecule has 1 aliphatic carbocycles. The largest absolute Gasteiger partial charge is 0.311 e. The molecule has 0 unspecified atom stereocenters. The highest BCUT2D eigenvalue weighted by Crippen LogP contribution is 2.31. The first kappa shape index (κ1) is 11.9. The number of halogens is 1. The molecule has 0 aliphatic heterocycles. The summed E-state index contributed by atoms with van der Waals surface area (Å²) in [6, 6.07) is 6.55. The van der Waals surface area contributed by atoms with Crippen LogP contribution in [0.5, 0.6) is 0 Å². The Morgan fingerprint density at radius 3 is 2.69 bits per heavy atom. The summed E-state index contributed by atoms with van der Waals surface area (Å²) in [6.07, 6.45) is 4.63. The minimum absolute atomic E-state index is 0.102. The third-order valence-electron chi connectivity index (χ3n) is 3.53. The normalized spacial score (nSPS) is 15.6. The molecule has 0 amide bonds. The van der Waals surface area contributed by atoms with Crippen LogP contribution in [0.2, 0.25) is 0 Å². The van der Waals surface area contributed by atoms with Gasteiger partial charge in [-0.15, -0.1) is 0 Å². The van der Waals surface area contributed by atoms with Crippen molar-refractivity contribution in [1.29, 1.82) is 0 Å². The van der Waals surface area contributed by atoms with Crippen LogP contribution in [0.25, 0.3) is 6.08 Å². The first-order valence-corrected chi connectivity index (χ1v) is 6.50. The molecule has 0 radical (unpaired) electrons. The Morgan fingerprint density at radius 1 is 1.25 bits per heavy atom. The summed E-state index contributed by atoms with van der Waals surface area (Å²) in [6.45, 7) is 4.48. The Bertz CT molecular complexity index is 432. The maximum absolute atomic E-state index is 3.53. The maximum atomic E-state index is 3.53. The molecule has 0 bridgehead atoms. The third-order valence-corrected chi connectivity index (χ3v) is 4.02. The second-order valence-corrected chi connectivity index (χ2v) is 5.80. The molecule has 16 heavy (non-hydrogen) atoms. The molecule has 1 aliphatic rings. The first-order chi connectivity index (χ1) is 7.53. The fourth-order valence-corrected chi connectivity index (χ4v) is 2.52. The Labute approximate surface area is 106 Å². The van der Waals surface area contributed by atoms with E-state index in [1.807, 2.05) is 7.05 Å². The van der Waals surface area contributed by atoms with Crippen LogP contribution in [0.4, 0.5) is 0 Å². The second-order valence-electron chi connectivity index (χ2n) is 4.89. The molecule has 0 saturated carbocycles. The molecule has 0 heterocycles. The highest BCUT2D eigenvalue weighted by atomic mass is 79.9. The lowest BCUT2D eigenvalue weighted by Gasteiger charge is -2.30. The van der Waals surface area contributed by atoms with E-state index in [1.54, 1.807) is 0 Å². The fourth-order valence-electron chi connectivity index (χ4n) is 2.11. The summed E-state index contributed by atoms with van der Waals surface area (Å²) >= 11 is 3.53. The molecule has 1 nitrogen and oxygen atoms in total. The van der Waals surface area contributed by atoms with Gasteiger partial charge in [-0.3, -0.25) is 0 Å². The molecule has 2 rings (SSSR count). The Morgan fingerprint density at radius 2 is 2.00 bits per heavy atom. The first-order valence-electron chi connectivity index (χ1n) is 5.71. The van der Waals surface area contributed by atoms with Crippen LogP contribution < -0.4 is 5.32 Å². The quantitative estimate of drug-likeness (QED) is 0.869. The summed E-state index contributed by atoms with van der Waals surface area (Å²) in [4.78, 5) is 0. The van der Waals surface area contributed by atoms with Gasteiger partial charge in [0, 0.05) is 10.0 Å². The molecule has 1 aromatic carbocycles. The molecule has 0 fully saturated rings. The van der Waals surface area contributed by atoms with Crippen molar-refractivity contribution in [3.05, 3.63) is 39.4 Å². The highest BCUT2D eigenvalue weighted by molar-refractivity contribution is 9.10. The van der Waals surface area contributed by atoms with Crippen LogP contribution in [0, 0.1) is 0 Å². The maximum Gasteiger partial charge on any atom is 0.0337 e. The fraction of sp³-hybridized carbons (Fsp3) is 0.429. The van der Waals surface area contributed by atoms with Crippen molar-refractivity contribution in [2.45, 2.75) is 32.2 Å². The van der Waals surface area contributed by atoms with E-state index >= 15 is 0 Å². The van der Waals surface area contributed by atoms with Crippen molar-refractivity contribution in [3.63, 3.8) is 0 Å².